The summed E-state index contributed by atoms with van der Waals surface area (Å²) in [5.41, 5.74) is 1.05. The van der Waals surface area contributed by atoms with Gasteiger partial charge in [-0.25, -0.2) is 0 Å². The van der Waals surface area contributed by atoms with E-state index in [1.165, 1.54) is 19.3 Å². The summed E-state index contributed by atoms with van der Waals surface area (Å²) in [7, 11) is 0. The molecular weight excluding hydrogens is 222 g/mol. The molecule has 96 valence electrons. The monoisotopic (exact) mass is 243 g/mol. The number of aromatic nitrogens is 1. The number of nitrogens with zero attached hydrogens (tertiary/aromatic N) is 2. The Morgan fingerprint density at radius 2 is 2.17 bits per heavy atom. The summed E-state index contributed by atoms with van der Waals surface area (Å²) >= 11 is 0. The average molecular weight is 243 g/mol. The maximum absolute atomic E-state index is 9.26. The van der Waals surface area contributed by atoms with Crippen LogP contribution in [-0.4, -0.2) is 11.0 Å². The Labute approximate surface area is 109 Å². The third-order valence-electron chi connectivity index (χ3n) is 3.78. The molecule has 0 aromatic carbocycles. The molecule has 0 spiro atoms. The van der Waals surface area contributed by atoms with Gasteiger partial charge in [0.2, 0.25) is 0 Å². The summed E-state index contributed by atoms with van der Waals surface area (Å²) in [6, 6.07) is 8.97. The molecule has 0 aliphatic heterocycles. The van der Waals surface area contributed by atoms with Gasteiger partial charge in [-0.2, -0.15) is 5.26 Å². The minimum atomic E-state index is 0.152. The Bertz CT molecular complexity index is 396. The largest absolute Gasteiger partial charge is 0.305 e. The van der Waals surface area contributed by atoms with Crippen LogP contribution in [0.1, 0.15) is 50.8 Å². The lowest BCUT2D eigenvalue weighted by atomic mass is 9.95. The average Bonchev–Trinajstić information content (AvgIpc) is 2.64. The van der Waals surface area contributed by atoms with Gasteiger partial charge in [-0.15, -0.1) is 0 Å². The first kappa shape index (κ1) is 13.0. The molecule has 0 saturated heterocycles. The first-order valence-corrected chi connectivity index (χ1v) is 6.88. The standard InChI is InChI=1S/C15H21N3/c1-12(14-8-5-6-10-17-14)18-15-9-4-2-3-7-13(15)11-16/h5-6,8,10,12-13,15,18H,2-4,7,9H2,1H3/t12-,13?,15?/m1/s1. The van der Waals surface area contributed by atoms with E-state index in [0.717, 1.165) is 18.5 Å². The second-order valence-electron chi connectivity index (χ2n) is 5.12. The van der Waals surface area contributed by atoms with Gasteiger partial charge in [0.05, 0.1) is 17.7 Å². The quantitative estimate of drug-likeness (QED) is 0.829. The third kappa shape index (κ3) is 3.30. The fraction of sp³-hybridized carbons (Fsp3) is 0.600. The van der Waals surface area contributed by atoms with Crippen molar-refractivity contribution >= 4 is 0 Å². The van der Waals surface area contributed by atoms with Crippen molar-refractivity contribution in [3.05, 3.63) is 30.1 Å². The highest BCUT2D eigenvalue weighted by atomic mass is 15.0. The zero-order valence-electron chi connectivity index (χ0n) is 11.0. The van der Waals surface area contributed by atoms with E-state index in [9.17, 15) is 5.26 Å². The van der Waals surface area contributed by atoms with E-state index in [0.29, 0.717) is 6.04 Å². The lowest BCUT2D eigenvalue weighted by molar-refractivity contribution is 0.358. The molecule has 1 aromatic heterocycles. The predicted molar refractivity (Wildman–Crippen MR) is 71.8 cm³/mol. The molecule has 1 fully saturated rings. The summed E-state index contributed by atoms with van der Waals surface area (Å²) in [6.07, 6.45) is 7.63. The van der Waals surface area contributed by atoms with Crippen molar-refractivity contribution in [2.45, 2.75) is 51.1 Å². The zero-order valence-corrected chi connectivity index (χ0v) is 11.0. The molecule has 2 unspecified atom stereocenters. The van der Waals surface area contributed by atoms with E-state index < -0.39 is 0 Å². The minimum Gasteiger partial charge on any atom is -0.305 e. The maximum atomic E-state index is 9.26. The molecule has 3 nitrogen and oxygen atoms in total. The summed E-state index contributed by atoms with van der Waals surface area (Å²) in [5.74, 6) is 0.152. The van der Waals surface area contributed by atoms with Crippen LogP contribution in [-0.2, 0) is 0 Å². The van der Waals surface area contributed by atoms with Crippen LogP contribution in [0.2, 0.25) is 0 Å². The number of hydrogen-bond acceptors (Lipinski definition) is 3. The van der Waals surface area contributed by atoms with E-state index in [4.69, 9.17) is 0 Å². The van der Waals surface area contributed by atoms with Gasteiger partial charge in [0.1, 0.15) is 0 Å². The molecule has 1 heterocycles. The highest BCUT2D eigenvalue weighted by molar-refractivity contribution is 5.08. The Morgan fingerprint density at radius 1 is 1.33 bits per heavy atom. The summed E-state index contributed by atoms with van der Waals surface area (Å²) in [6.45, 7) is 2.13. The van der Waals surface area contributed by atoms with E-state index >= 15 is 0 Å². The highest BCUT2D eigenvalue weighted by Crippen LogP contribution is 2.25. The van der Waals surface area contributed by atoms with Crippen molar-refractivity contribution in [2.24, 2.45) is 5.92 Å². The summed E-state index contributed by atoms with van der Waals surface area (Å²) in [5, 5.41) is 12.9. The Hall–Kier alpha value is -1.40. The first-order valence-electron chi connectivity index (χ1n) is 6.88. The van der Waals surface area contributed by atoms with Crippen LogP contribution in [0.4, 0.5) is 0 Å². The highest BCUT2D eigenvalue weighted by Gasteiger charge is 2.25. The molecule has 1 aliphatic rings. The molecule has 2 rings (SSSR count). The van der Waals surface area contributed by atoms with Crippen molar-refractivity contribution in [1.29, 1.82) is 5.26 Å². The number of hydrogen-bond donors (Lipinski definition) is 1. The van der Waals surface area contributed by atoms with E-state index in [2.05, 4.69) is 23.3 Å². The van der Waals surface area contributed by atoms with Gasteiger partial charge < -0.3 is 5.32 Å². The van der Waals surface area contributed by atoms with Gasteiger partial charge in [-0.1, -0.05) is 25.3 Å². The predicted octanol–water partition coefficient (Wildman–Crippen LogP) is 3.20. The molecule has 0 amide bonds. The Kier molecular flexibility index (Phi) is 4.72. The minimum absolute atomic E-state index is 0.152. The summed E-state index contributed by atoms with van der Waals surface area (Å²) < 4.78 is 0. The van der Waals surface area contributed by atoms with Crippen molar-refractivity contribution in [2.75, 3.05) is 0 Å². The van der Waals surface area contributed by atoms with Gasteiger partial charge in [0, 0.05) is 18.3 Å². The lowest BCUT2D eigenvalue weighted by Gasteiger charge is -2.25. The smallest absolute Gasteiger partial charge is 0.0672 e. The Balaban J connectivity index is 2.00. The van der Waals surface area contributed by atoms with Crippen LogP contribution in [0.5, 0.6) is 0 Å². The molecule has 18 heavy (non-hydrogen) atoms. The topological polar surface area (TPSA) is 48.7 Å². The van der Waals surface area contributed by atoms with Gasteiger partial charge >= 0.3 is 0 Å². The molecule has 1 aromatic rings. The van der Waals surface area contributed by atoms with Crippen molar-refractivity contribution in [1.82, 2.24) is 10.3 Å². The van der Waals surface area contributed by atoms with Gasteiger partial charge in [-0.05, 0) is 31.9 Å². The van der Waals surface area contributed by atoms with Gasteiger partial charge in [0.15, 0.2) is 0 Å². The van der Waals surface area contributed by atoms with Crippen LogP contribution in [0.15, 0.2) is 24.4 Å². The van der Waals surface area contributed by atoms with Crippen molar-refractivity contribution in [3.63, 3.8) is 0 Å². The van der Waals surface area contributed by atoms with E-state index in [1.54, 1.807) is 0 Å². The Morgan fingerprint density at radius 3 is 2.89 bits per heavy atom. The molecule has 1 saturated carbocycles. The van der Waals surface area contributed by atoms with Crippen LogP contribution >= 0.6 is 0 Å². The van der Waals surface area contributed by atoms with Crippen LogP contribution in [0.25, 0.3) is 0 Å². The molecule has 3 atom stereocenters. The summed E-state index contributed by atoms with van der Waals surface area (Å²) in [4.78, 5) is 4.37. The molecular formula is C15H21N3. The number of pyridine rings is 1. The first-order chi connectivity index (χ1) is 8.81. The molecule has 1 N–H and O–H groups in total. The van der Waals surface area contributed by atoms with Gasteiger partial charge in [-0.3, -0.25) is 4.98 Å². The molecule has 0 bridgehead atoms. The molecule has 0 radical (unpaired) electrons. The SMILES string of the molecule is C[C@@H](NC1CCCCCC1C#N)c1ccccn1. The van der Waals surface area contributed by atoms with Crippen LogP contribution < -0.4 is 5.32 Å². The second kappa shape index (κ2) is 6.51. The zero-order chi connectivity index (χ0) is 12.8. The van der Waals surface area contributed by atoms with E-state index in [1.807, 2.05) is 24.4 Å². The third-order valence-corrected chi connectivity index (χ3v) is 3.78. The number of nitriles is 1. The van der Waals surface area contributed by atoms with Crippen LogP contribution in [0.3, 0.4) is 0 Å². The fourth-order valence-electron chi connectivity index (χ4n) is 2.70. The van der Waals surface area contributed by atoms with Gasteiger partial charge in [0.25, 0.3) is 0 Å². The molecule has 1 aliphatic carbocycles. The normalized spacial score (nSPS) is 26.0. The van der Waals surface area contributed by atoms with E-state index in [-0.39, 0.29) is 12.0 Å². The molecule has 3 heteroatoms. The second-order valence-corrected chi connectivity index (χ2v) is 5.12. The maximum Gasteiger partial charge on any atom is 0.0672 e. The fourth-order valence-corrected chi connectivity index (χ4v) is 2.70. The lowest BCUT2D eigenvalue weighted by Crippen LogP contribution is -2.37. The van der Waals surface area contributed by atoms with Crippen LogP contribution in [0, 0.1) is 17.2 Å². The number of rotatable bonds is 3. The van der Waals surface area contributed by atoms with Crippen molar-refractivity contribution in [3.8, 4) is 6.07 Å². The number of nitrogens with one attached hydrogen (secondary N) is 1. The van der Waals surface area contributed by atoms with Crippen molar-refractivity contribution < 1.29 is 0 Å².